The molecule has 5 heteroatoms. The Kier molecular flexibility index (Phi) is 8.51. The minimum absolute atomic E-state index is 0.308. The van der Waals surface area contributed by atoms with Crippen molar-refractivity contribution in [3.8, 4) is 0 Å². The first-order valence-electron chi connectivity index (χ1n) is 7.68. The van der Waals surface area contributed by atoms with Crippen LogP contribution in [0.3, 0.4) is 0 Å². The molecule has 0 aromatic carbocycles. The molecule has 1 heterocycles. The lowest BCUT2D eigenvalue weighted by atomic mass is 10.2. The van der Waals surface area contributed by atoms with Gasteiger partial charge in [-0.3, -0.25) is 9.79 Å². The maximum Gasteiger partial charge on any atom is 0.222 e. The molecule has 114 valence electrons. The largest absolute Gasteiger partial charge is 0.357 e. The highest BCUT2D eigenvalue weighted by Crippen LogP contribution is 2.11. The normalized spacial score (nSPS) is 16.8. The molecule has 0 aliphatic carbocycles. The lowest BCUT2D eigenvalue weighted by Crippen LogP contribution is -2.37. The summed E-state index contributed by atoms with van der Waals surface area (Å²) in [5.41, 5.74) is 0. The standard InChI is InChI=1S/C15H28N4O/c1-3-10-17-15(16-4-2)18-11-8-13-19-12-7-5-6-9-14(19)20/h3H,1,4-13H2,2H3,(H2,16,17,18). The molecule has 1 amide bonds. The van der Waals surface area contributed by atoms with Crippen LogP contribution < -0.4 is 10.6 Å². The average molecular weight is 280 g/mol. The zero-order valence-corrected chi connectivity index (χ0v) is 12.7. The van der Waals surface area contributed by atoms with E-state index in [1.54, 1.807) is 0 Å². The van der Waals surface area contributed by atoms with Crippen molar-refractivity contribution in [1.82, 2.24) is 15.5 Å². The van der Waals surface area contributed by atoms with E-state index in [2.05, 4.69) is 22.2 Å². The van der Waals surface area contributed by atoms with E-state index < -0.39 is 0 Å². The lowest BCUT2D eigenvalue weighted by Gasteiger charge is -2.19. The highest BCUT2D eigenvalue weighted by Gasteiger charge is 2.15. The molecule has 0 unspecified atom stereocenters. The number of likely N-dealkylation sites (tertiary alicyclic amines) is 1. The molecule has 1 aliphatic rings. The molecule has 0 spiro atoms. The maximum atomic E-state index is 11.8. The number of amides is 1. The summed E-state index contributed by atoms with van der Waals surface area (Å²) in [5.74, 6) is 1.12. The summed E-state index contributed by atoms with van der Waals surface area (Å²) in [6.45, 7) is 9.74. The topological polar surface area (TPSA) is 56.7 Å². The molecule has 2 N–H and O–H groups in total. The Morgan fingerprint density at radius 3 is 3.00 bits per heavy atom. The molecule has 0 aromatic rings. The van der Waals surface area contributed by atoms with Gasteiger partial charge in [0.05, 0.1) is 0 Å². The van der Waals surface area contributed by atoms with E-state index in [1.807, 2.05) is 17.9 Å². The molecular formula is C15H28N4O. The number of nitrogens with zero attached hydrogens (tertiary/aromatic N) is 2. The molecule has 1 rings (SSSR count). The predicted octanol–water partition coefficient (Wildman–Crippen LogP) is 1.52. The first-order chi connectivity index (χ1) is 9.77. The molecule has 1 saturated heterocycles. The fourth-order valence-corrected chi connectivity index (χ4v) is 2.24. The molecule has 0 bridgehead atoms. The Morgan fingerprint density at radius 1 is 1.40 bits per heavy atom. The fourth-order valence-electron chi connectivity index (χ4n) is 2.24. The Morgan fingerprint density at radius 2 is 2.25 bits per heavy atom. The van der Waals surface area contributed by atoms with Crippen LogP contribution in [0.25, 0.3) is 0 Å². The Hall–Kier alpha value is -1.52. The number of carbonyl (C=O) groups excluding carboxylic acids is 1. The minimum Gasteiger partial charge on any atom is -0.357 e. The van der Waals surface area contributed by atoms with E-state index in [0.717, 1.165) is 51.4 Å². The number of aliphatic imine (C=N–C) groups is 1. The van der Waals surface area contributed by atoms with Crippen molar-refractivity contribution in [3.05, 3.63) is 12.7 Å². The van der Waals surface area contributed by atoms with Gasteiger partial charge in [-0.2, -0.15) is 0 Å². The van der Waals surface area contributed by atoms with E-state index in [-0.39, 0.29) is 0 Å². The van der Waals surface area contributed by atoms with Gasteiger partial charge in [0.1, 0.15) is 0 Å². The van der Waals surface area contributed by atoms with E-state index in [4.69, 9.17) is 0 Å². The fraction of sp³-hybridized carbons (Fsp3) is 0.733. The SMILES string of the molecule is C=CCNC(=NCCCN1CCCCCC1=O)NCC. The molecular weight excluding hydrogens is 252 g/mol. The number of nitrogens with one attached hydrogen (secondary N) is 2. The lowest BCUT2D eigenvalue weighted by molar-refractivity contribution is -0.130. The van der Waals surface area contributed by atoms with E-state index in [9.17, 15) is 4.79 Å². The van der Waals surface area contributed by atoms with Gasteiger partial charge in [0.2, 0.25) is 5.91 Å². The monoisotopic (exact) mass is 280 g/mol. The average Bonchev–Trinajstić information content (AvgIpc) is 2.65. The van der Waals surface area contributed by atoms with Gasteiger partial charge in [0, 0.05) is 39.1 Å². The van der Waals surface area contributed by atoms with E-state index in [1.165, 1.54) is 6.42 Å². The van der Waals surface area contributed by atoms with Gasteiger partial charge in [0.15, 0.2) is 5.96 Å². The number of guanidine groups is 1. The quantitative estimate of drug-likeness (QED) is 0.322. The maximum absolute atomic E-state index is 11.8. The van der Waals surface area contributed by atoms with Crippen LogP contribution in [0.5, 0.6) is 0 Å². The van der Waals surface area contributed by atoms with Crippen molar-refractivity contribution in [2.45, 2.75) is 39.0 Å². The first-order valence-corrected chi connectivity index (χ1v) is 7.68. The van der Waals surface area contributed by atoms with Gasteiger partial charge in [0.25, 0.3) is 0 Å². The number of carbonyl (C=O) groups is 1. The summed E-state index contributed by atoms with van der Waals surface area (Å²) >= 11 is 0. The Labute approximate surface area is 122 Å². The summed E-state index contributed by atoms with van der Waals surface area (Å²) in [6, 6.07) is 0. The van der Waals surface area contributed by atoms with Crippen LogP contribution in [0.2, 0.25) is 0 Å². The molecule has 0 saturated carbocycles. The van der Waals surface area contributed by atoms with Crippen molar-refractivity contribution in [2.24, 2.45) is 4.99 Å². The highest BCUT2D eigenvalue weighted by molar-refractivity contribution is 5.79. The zero-order valence-electron chi connectivity index (χ0n) is 12.7. The zero-order chi connectivity index (χ0) is 14.6. The number of hydrogen-bond acceptors (Lipinski definition) is 2. The smallest absolute Gasteiger partial charge is 0.222 e. The number of hydrogen-bond donors (Lipinski definition) is 2. The van der Waals surface area contributed by atoms with Crippen LogP contribution in [0.1, 0.15) is 39.0 Å². The van der Waals surface area contributed by atoms with E-state index in [0.29, 0.717) is 18.9 Å². The van der Waals surface area contributed by atoms with Crippen LogP contribution in [0.15, 0.2) is 17.6 Å². The summed E-state index contributed by atoms with van der Waals surface area (Å²) in [5, 5.41) is 6.35. The Bertz CT molecular complexity index is 328. The summed E-state index contributed by atoms with van der Waals surface area (Å²) < 4.78 is 0. The molecule has 5 nitrogen and oxygen atoms in total. The summed E-state index contributed by atoms with van der Waals surface area (Å²) in [6.07, 6.45) is 6.80. The van der Waals surface area contributed by atoms with Gasteiger partial charge >= 0.3 is 0 Å². The summed E-state index contributed by atoms with van der Waals surface area (Å²) in [4.78, 5) is 18.3. The van der Waals surface area contributed by atoms with Crippen molar-refractivity contribution >= 4 is 11.9 Å². The third-order valence-corrected chi connectivity index (χ3v) is 3.29. The van der Waals surface area contributed by atoms with Crippen LogP contribution in [0, 0.1) is 0 Å². The Balaban J connectivity index is 2.29. The second kappa shape index (κ2) is 10.3. The van der Waals surface area contributed by atoms with E-state index >= 15 is 0 Å². The van der Waals surface area contributed by atoms with Crippen molar-refractivity contribution in [1.29, 1.82) is 0 Å². The van der Waals surface area contributed by atoms with Gasteiger partial charge in [-0.1, -0.05) is 12.5 Å². The summed E-state index contributed by atoms with van der Waals surface area (Å²) in [7, 11) is 0. The third-order valence-electron chi connectivity index (χ3n) is 3.29. The third kappa shape index (κ3) is 6.59. The predicted molar refractivity (Wildman–Crippen MR) is 83.8 cm³/mol. The van der Waals surface area contributed by atoms with Crippen molar-refractivity contribution in [2.75, 3.05) is 32.7 Å². The van der Waals surface area contributed by atoms with Crippen LogP contribution in [-0.4, -0.2) is 49.5 Å². The highest BCUT2D eigenvalue weighted by atomic mass is 16.2. The molecule has 0 atom stereocenters. The van der Waals surface area contributed by atoms with Gasteiger partial charge in [-0.05, 0) is 26.2 Å². The minimum atomic E-state index is 0.308. The van der Waals surface area contributed by atoms with Crippen LogP contribution in [0.4, 0.5) is 0 Å². The number of rotatable bonds is 7. The van der Waals surface area contributed by atoms with Gasteiger partial charge in [-0.25, -0.2) is 0 Å². The van der Waals surface area contributed by atoms with Gasteiger partial charge < -0.3 is 15.5 Å². The molecule has 1 fully saturated rings. The molecule has 1 aliphatic heterocycles. The van der Waals surface area contributed by atoms with Gasteiger partial charge in [-0.15, -0.1) is 6.58 Å². The molecule has 0 aromatic heterocycles. The van der Waals surface area contributed by atoms with Crippen LogP contribution >= 0.6 is 0 Å². The second-order valence-electron chi connectivity index (χ2n) is 4.98. The second-order valence-corrected chi connectivity index (χ2v) is 4.98. The van der Waals surface area contributed by atoms with Crippen molar-refractivity contribution in [3.63, 3.8) is 0 Å². The van der Waals surface area contributed by atoms with Crippen LogP contribution in [-0.2, 0) is 4.79 Å². The molecule has 0 radical (unpaired) electrons. The van der Waals surface area contributed by atoms with Crippen molar-refractivity contribution < 1.29 is 4.79 Å². The first kappa shape index (κ1) is 16.5. The molecule has 20 heavy (non-hydrogen) atoms.